The van der Waals surface area contributed by atoms with Gasteiger partial charge in [-0.2, -0.15) is 5.26 Å². The summed E-state index contributed by atoms with van der Waals surface area (Å²) in [7, 11) is 0. The maximum absolute atomic E-state index is 14.2. The number of halogens is 1. The highest BCUT2D eigenvalue weighted by Gasteiger charge is 2.25. The van der Waals surface area contributed by atoms with Crippen molar-refractivity contribution in [3.05, 3.63) is 41.0 Å². The van der Waals surface area contributed by atoms with Crippen molar-refractivity contribution in [3.8, 4) is 22.3 Å². The Morgan fingerprint density at radius 2 is 2.14 bits per heavy atom. The Morgan fingerprint density at radius 3 is 2.76 bits per heavy atom. The van der Waals surface area contributed by atoms with Crippen molar-refractivity contribution in [2.24, 2.45) is 5.73 Å². The van der Waals surface area contributed by atoms with Crippen LogP contribution in [0.2, 0.25) is 0 Å². The first-order valence-electron chi connectivity index (χ1n) is 6.89. The standard InChI is InChI=1S/C16H15FN2OS/c17-13-8-10(20-15-3-1-2-14(15)19)4-6-12(13)16-7-5-11(9-18)21-16/h4-8,14-15H,1-3,19H2/t14-,15+/m0/s1. The molecule has 0 radical (unpaired) electrons. The number of thiophene rings is 1. The molecule has 3 rings (SSSR count). The molecule has 1 fully saturated rings. The molecule has 0 aliphatic heterocycles. The molecule has 3 nitrogen and oxygen atoms in total. The summed E-state index contributed by atoms with van der Waals surface area (Å²) in [6.07, 6.45) is 2.90. The van der Waals surface area contributed by atoms with Crippen molar-refractivity contribution < 1.29 is 9.13 Å². The average Bonchev–Trinajstić information content (AvgIpc) is 3.09. The average molecular weight is 302 g/mol. The summed E-state index contributed by atoms with van der Waals surface area (Å²) in [6, 6.07) is 10.4. The van der Waals surface area contributed by atoms with E-state index in [0.29, 0.717) is 16.2 Å². The largest absolute Gasteiger partial charge is 0.489 e. The number of hydrogen-bond donors (Lipinski definition) is 1. The molecule has 2 N–H and O–H groups in total. The van der Waals surface area contributed by atoms with E-state index in [1.807, 2.05) is 0 Å². The van der Waals surface area contributed by atoms with E-state index >= 15 is 0 Å². The SMILES string of the molecule is N#Cc1ccc(-c2ccc(O[C@@H]3CCC[C@@H]3N)cc2F)s1. The number of nitrogens with zero attached hydrogens (tertiary/aromatic N) is 1. The van der Waals surface area contributed by atoms with E-state index < -0.39 is 0 Å². The third kappa shape index (κ3) is 2.92. The minimum atomic E-state index is -0.342. The number of rotatable bonds is 3. The van der Waals surface area contributed by atoms with E-state index in [-0.39, 0.29) is 18.0 Å². The number of ether oxygens (including phenoxy) is 1. The molecule has 1 aliphatic carbocycles. The molecule has 0 saturated heterocycles. The minimum Gasteiger partial charge on any atom is -0.489 e. The zero-order valence-electron chi connectivity index (χ0n) is 11.4. The van der Waals surface area contributed by atoms with Gasteiger partial charge in [-0.1, -0.05) is 0 Å². The molecule has 0 amide bonds. The summed E-state index contributed by atoms with van der Waals surface area (Å²) in [6.45, 7) is 0. The molecule has 108 valence electrons. The smallest absolute Gasteiger partial charge is 0.135 e. The molecule has 2 atom stereocenters. The van der Waals surface area contributed by atoms with Gasteiger partial charge in [0.05, 0.1) is 0 Å². The fraction of sp³-hybridized carbons (Fsp3) is 0.312. The van der Waals surface area contributed by atoms with Crippen molar-refractivity contribution in [1.82, 2.24) is 0 Å². The molecule has 0 spiro atoms. The third-order valence-electron chi connectivity index (χ3n) is 3.71. The number of nitrogens with two attached hydrogens (primary N) is 1. The van der Waals surface area contributed by atoms with Crippen molar-refractivity contribution in [1.29, 1.82) is 5.26 Å². The molecule has 1 saturated carbocycles. The fourth-order valence-corrected chi connectivity index (χ4v) is 3.42. The van der Waals surface area contributed by atoms with Crippen LogP contribution in [0.4, 0.5) is 4.39 Å². The summed E-state index contributed by atoms with van der Waals surface area (Å²) in [4.78, 5) is 1.31. The summed E-state index contributed by atoms with van der Waals surface area (Å²) in [5, 5.41) is 8.83. The second-order valence-electron chi connectivity index (χ2n) is 5.17. The Bertz CT molecular complexity index is 692. The minimum absolute atomic E-state index is 0.0258. The molecule has 2 aromatic rings. The molecular weight excluding hydrogens is 287 g/mol. The second kappa shape index (κ2) is 5.84. The molecular formula is C16H15FN2OS. The molecule has 1 aromatic heterocycles. The lowest BCUT2D eigenvalue weighted by molar-refractivity contribution is 0.191. The van der Waals surface area contributed by atoms with E-state index in [2.05, 4.69) is 6.07 Å². The lowest BCUT2D eigenvalue weighted by Gasteiger charge is -2.18. The third-order valence-corrected chi connectivity index (χ3v) is 4.74. The van der Waals surface area contributed by atoms with Crippen LogP contribution in [0.15, 0.2) is 30.3 Å². The Balaban J connectivity index is 1.81. The summed E-state index contributed by atoms with van der Waals surface area (Å²) < 4.78 is 20.0. The van der Waals surface area contributed by atoms with Crippen LogP contribution in [-0.2, 0) is 0 Å². The van der Waals surface area contributed by atoms with Gasteiger partial charge in [0.25, 0.3) is 0 Å². The van der Waals surface area contributed by atoms with E-state index in [1.165, 1.54) is 17.4 Å². The van der Waals surface area contributed by atoms with Crippen molar-refractivity contribution in [2.45, 2.75) is 31.4 Å². The maximum Gasteiger partial charge on any atom is 0.135 e. The van der Waals surface area contributed by atoms with Crippen LogP contribution in [0.25, 0.3) is 10.4 Å². The van der Waals surface area contributed by atoms with Gasteiger partial charge in [0.1, 0.15) is 28.6 Å². The highest BCUT2D eigenvalue weighted by atomic mass is 32.1. The van der Waals surface area contributed by atoms with Gasteiger partial charge in [0, 0.05) is 22.5 Å². The first-order chi connectivity index (χ1) is 10.2. The van der Waals surface area contributed by atoms with Crippen LogP contribution < -0.4 is 10.5 Å². The lowest BCUT2D eigenvalue weighted by Crippen LogP contribution is -2.33. The molecule has 21 heavy (non-hydrogen) atoms. The topological polar surface area (TPSA) is 59.0 Å². The number of benzene rings is 1. The van der Waals surface area contributed by atoms with Crippen molar-refractivity contribution >= 4 is 11.3 Å². The van der Waals surface area contributed by atoms with Gasteiger partial charge in [0.2, 0.25) is 0 Å². The Labute approximate surface area is 126 Å². The van der Waals surface area contributed by atoms with Gasteiger partial charge in [-0.25, -0.2) is 4.39 Å². The van der Waals surface area contributed by atoms with Gasteiger partial charge < -0.3 is 10.5 Å². The van der Waals surface area contributed by atoms with Crippen LogP contribution in [0.5, 0.6) is 5.75 Å². The zero-order valence-corrected chi connectivity index (χ0v) is 12.2. The number of nitriles is 1. The molecule has 1 aromatic carbocycles. The Hall–Kier alpha value is -1.90. The van der Waals surface area contributed by atoms with Crippen molar-refractivity contribution in [2.75, 3.05) is 0 Å². The van der Waals surface area contributed by atoms with E-state index in [4.69, 9.17) is 15.7 Å². The van der Waals surface area contributed by atoms with E-state index in [9.17, 15) is 4.39 Å². The Morgan fingerprint density at radius 1 is 1.29 bits per heavy atom. The molecule has 0 unspecified atom stereocenters. The molecule has 1 heterocycles. The highest BCUT2D eigenvalue weighted by molar-refractivity contribution is 7.16. The summed E-state index contributed by atoms with van der Waals surface area (Å²) in [5.41, 5.74) is 6.45. The monoisotopic (exact) mass is 302 g/mol. The lowest BCUT2D eigenvalue weighted by atomic mass is 10.1. The quantitative estimate of drug-likeness (QED) is 0.940. The predicted octanol–water partition coefficient (Wildman–Crippen LogP) is 3.68. The van der Waals surface area contributed by atoms with Crippen LogP contribution in [0, 0.1) is 17.1 Å². The van der Waals surface area contributed by atoms with E-state index in [0.717, 1.165) is 24.1 Å². The number of hydrogen-bond acceptors (Lipinski definition) is 4. The second-order valence-corrected chi connectivity index (χ2v) is 6.25. The van der Waals surface area contributed by atoms with Gasteiger partial charge in [-0.3, -0.25) is 0 Å². The van der Waals surface area contributed by atoms with E-state index in [1.54, 1.807) is 24.3 Å². The van der Waals surface area contributed by atoms with Crippen LogP contribution in [0.1, 0.15) is 24.1 Å². The van der Waals surface area contributed by atoms with Crippen molar-refractivity contribution in [3.63, 3.8) is 0 Å². The first-order valence-corrected chi connectivity index (χ1v) is 7.71. The maximum atomic E-state index is 14.2. The summed E-state index contributed by atoms with van der Waals surface area (Å²) in [5.74, 6) is 0.168. The molecule has 5 heteroatoms. The van der Waals surface area contributed by atoms with Gasteiger partial charge in [-0.15, -0.1) is 11.3 Å². The van der Waals surface area contributed by atoms with Crippen LogP contribution >= 0.6 is 11.3 Å². The Kier molecular flexibility index (Phi) is 3.91. The predicted molar refractivity (Wildman–Crippen MR) is 80.7 cm³/mol. The van der Waals surface area contributed by atoms with Crippen LogP contribution in [0.3, 0.4) is 0 Å². The fourth-order valence-electron chi connectivity index (χ4n) is 2.59. The summed E-state index contributed by atoms with van der Waals surface area (Å²) >= 11 is 1.28. The van der Waals surface area contributed by atoms with Crippen LogP contribution in [-0.4, -0.2) is 12.1 Å². The highest BCUT2D eigenvalue weighted by Crippen LogP contribution is 2.32. The van der Waals surface area contributed by atoms with Gasteiger partial charge in [-0.05, 0) is 43.5 Å². The normalized spacial score (nSPS) is 21.2. The first kappa shape index (κ1) is 14.1. The van der Waals surface area contributed by atoms with Gasteiger partial charge >= 0.3 is 0 Å². The zero-order chi connectivity index (χ0) is 14.8. The van der Waals surface area contributed by atoms with Gasteiger partial charge in [0.15, 0.2) is 0 Å². The molecule has 0 bridgehead atoms. The molecule has 1 aliphatic rings.